The van der Waals surface area contributed by atoms with Crippen molar-refractivity contribution in [3.8, 4) is 0 Å². The summed E-state index contributed by atoms with van der Waals surface area (Å²) >= 11 is 0. The van der Waals surface area contributed by atoms with Crippen LogP contribution in [-0.4, -0.2) is 24.5 Å². The van der Waals surface area contributed by atoms with Gasteiger partial charge in [-0.3, -0.25) is 4.79 Å². The molecule has 1 rings (SSSR count). The molecule has 3 heteroatoms. The average molecular weight is 224 g/mol. The molecule has 92 valence electrons. The van der Waals surface area contributed by atoms with Crippen molar-refractivity contribution < 1.29 is 4.79 Å². The molecule has 2 N–H and O–H groups in total. The van der Waals surface area contributed by atoms with Gasteiger partial charge in [-0.15, -0.1) is 0 Å². The standard InChI is InChI=1S/C13H24N2O/c1-13(2,3)15-10-12(16)14-9-11-7-5-4-6-8-11/h4-5,11,15H,6-10H2,1-3H3,(H,14,16). The number of nitrogens with one attached hydrogen (secondary N) is 2. The minimum atomic E-state index is 0.00488. The van der Waals surface area contributed by atoms with E-state index in [2.05, 4.69) is 43.6 Å². The first-order chi connectivity index (χ1) is 7.47. The van der Waals surface area contributed by atoms with Crippen LogP contribution in [-0.2, 0) is 4.79 Å². The van der Waals surface area contributed by atoms with E-state index in [-0.39, 0.29) is 11.4 Å². The Kier molecular flexibility index (Phi) is 5.00. The van der Waals surface area contributed by atoms with Crippen LogP contribution in [0.4, 0.5) is 0 Å². The van der Waals surface area contributed by atoms with Crippen molar-refractivity contribution in [2.75, 3.05) is 13.1 Å². The molecule has 0 radical (unpaired) electrons. The number of hydrogen-bond acceptors (Lipinski definition) is 2. The monoisotopic (exact) mass is 224 g/mol. The number of allylic oxidation sites excluding steroid dienone is 2. The van der Waals surface area contributed by atoms with E-state index in [4.69, 9.17) is 0 Å². The fourth-order valence-corrected chi connectivity index (χ4v) is 1.71. The Morgan fingerprint density at radius 3 is 2.69 bits per heavy atom. The van der Waals surface area contributed by atoms with Gasteiger partial charge in [-0.2, -0.15) is 0 Å². The number of rotatable bonds is 4. The Balaban J connectivity index is 2.12. The molecule has 1 unspecified atom stereocenters. The minimum Gasteiger partial charge on any atom is -0.355 e. The van der Waals surface area contributed by atoms with E-state index < -0.39 is 0 Å². The molecular formula is C13H24N2O. The first kappa shape index (κ1) is 13.2. The van der Waals surface area contributed by atoms with Crippen LogP contribution in [0, 0.1) is 5.92 Å². The molecule has 0 fully saturated rings. The van der Waals surface area contributed by atoms with Crippen molar-refractivity contribution in [1.82, 2.24) is 10.6 Å². The third kappa shape index (κ3) is 5.91. The van der Waals surface area contributed by atoms with E-state index in [0.717, 1.165) is 19.4 Å². The van der Waals surface area contributed by atoms with Crippen LogP contribution in [0.15, 0.2) is 12.2 Å². The zero-order valence-corrected chi connectivity index (χ0v) is 10.7. The van der Waals surface area contributed by atoms with Gasteiger partial charge >= 0.3 is 0 Å². The molecule has 1 atom stereocenters. The maximum atomic E-state index is 11.5. The van der Waals surface area contributed by atoms with Gasteiger partial charge in [0.1, 0.15) is 0 Å². The molecule has 1 amide bonds. The van der Waals surface area contributed by atoms with Crippen LogP contribution in [0.2, 0.25) is 0 Å². The highest BCUT2D eigenvalue weighted by molar-refractivity contribution is 5.78. The Labute approximate surface area is 98.7 Å². The van der Waals surface area contributed by atoms with Gasteiger partial charge in [-0.25, -0.2) is 0 Å². The SMILES string of the molecule is CC(C)(C)NCC(=O)NCC1CC=CCC1. The summed E-state index contributed by atoms with van der Waals surface area (Å²) in [4.78, 5) is 11.5. The van der Waals surface area contributed by atoms with Crippen molar-refractivity contribution in [1.29, 1.82) is 0 Å². The predicted molar refractivity (Wildman–Crippen MR) is 67.2 cm³/mol. The molecule has 0 aromatic carbocycles. The van der Waals surface area contributed by atoms with Gasteiger partial charge in [0.2, 0.25) is 5.91 Å². The molecule has 0 heterocycles. The second kappa shape index (κ2) is 6.04. The van der Waals surface area contributed by atoms with Crippen molar-refractivity contribution >= 4 is 5.91 Å². The summed E-state index contributed by atoms with van der Waals surface area (Å²) in [5, 5.41) is 6.17. The molecule has 0 aromatic heterocycles. The Morgan fingerprint density at radius 1 is 1.38 bits per heavy atom. The largest absolute Gasteiger partial charge is 0.355 e. The molecule has 0 aliphatic heterocycles. The van der Waals surface area contributed by atoms with Gasteiger partial charge in [-0.05, 0) is 46.0 Å². The molecule has 16 heavy (non-hydrogen) atoms. The zero-order chi connectivity index (χ0) is 12.0. The lowest BCUT2D eigenvalue weighted by Crippen LogP contribution is -2.44. The summed E-state index contributed by atoms with van der Waals surface area (Å²) in [6.07, 6.45) is 7.89. The molecule has 0 aromatic rings. The van der Waals surface area contributed by atoms with Crippen LogP contribution >= 0.6 is 0 Å². The topological polar surface area (TPSA) is 41.1 Å². The first-order valence-electron chi connectivity index (χ1n) is 6.14. The van der Waals surface area contributed by atoms with Crippen LogP contribution < -0.4 is 10.6 Å². The Hall–Kier alpha value is -0.830. The van der Waals surface area contributed by atoms with E-state index in [9.17, 15) is 4.79 Å². The lowest BCUT2D eigenvalue weighted by molar-refractivity contribution is -0.120. The van der Waals surface area contributed by atoms with Gasteiger partial charge < -0.3 is 10.6 Å². The van der Waals surface area contributed by atoms with Gasteiger partial charge in [0.15, 0.2) is 0 Å². The van der Waals surface area contributed by atoms with E-state index in [1.807, 2.05) is 0 Å². The molecule has 3 nitrogen and oxygen atoms in total. The quantitative estimate of drug-likeness (QED) is 0.716. The Bertz CT molecular complexity index is 253. The summed E-state index contributed by atoms with van der Waals surface area (Å²) in [6, 6.07) is 0. The van der Waals surface area contributed by atoms with Gasteiger partial charge in [0.05, 0.1) is 6.54 Å². The highest BCUT2D eigenvalue weighted by atomic mass is 16.1. The van der Waals surface area contributed by atoms with Crippen molar-refractivity contribution in [3.63, 3.8) is 0 Å². The lowest BCUT2D eigenvalue weighted by Gasteiger charge is -2.21. The van der Waals surface area contributed by atoms with Crippen LogP contribution in [0.3, 0.4) is 0 Å². The minimum absolute atomic E-state index is 0.00488. The summed E-state index contributed by atoms with van der Waals surface area (Å²) in [5.41, 5.74) is 0.00488. The van der Waals surface area contributed by atoms with E-state index >= 15 is 0 Å². The molecule has 1 aliphatic carbocycles. The molecular weight excluding hydrogens is 200 g/mol. The zero-order valence-electron chi connectivity index (χ0n) is 10.7. The molecule has 0 spiro atoms. The smallest absolute Gasteiger partial charge is 0.233 e. The van der Waals surface area contributed by atoms with Gasteiger partial charge in [0.25, 0.3) is 0 Å². The summed E-state index contributed by atoms with van der Waals surface area (Å²) in [6.45, 7) is 7.41. The van der Waals surface area contributed by atoms with E-state index in [1.54, 1.807) is 0 Å². The lowest BCUT2D eigenvalue weighted by atomic mass is 9.94. The maximum Gasteiger partial charge on any atom is 0.233 e. The fraction of sp³-hybridized carbons (Fsp3) is 0.769. The number of amides is 1. The third-order valence-electron chi connectivity index (χ3n) is 2.74. The summed E-state index contributed by atoms with van der Waals surface area (Å²) < 4.78 is 0. The highest BCUT2D eigenvalue weighted by Crippen LogP contribution is 2.16. The predicted octanol–water partition coefficient (Wildman–Crippen LogP) is 1.85. The Morgan fingerprint density at radius 2 is 2.12 bits per heavy atom. The normalized spacial score (nSPS) is 20.8. The van der Waals surface area contributed by atoms with Crippen LogP contribution in [0.25, 0.3) is 0 Å². The van der Waals surface area contributed by atoms with E-state index in [1.165, 1.54) is 6.42 Å². The average Bonchev–Trinajstić information content (AvgIpc) is 2.24. The van der Waals surface area contributed by atoms with Crippen molar-refractivity contribution in [3.05, 3.63) is 12.2 Å². The van der Waals surface area contributed by atoms with Gasteiger partial charge in [0, 0.05) is 12.1 Å². The van der Waals surface area contributed by atoms with Crippen molar-refractivity contribution in [2.45, 2.75) is 45.6 Å². The first-order valence-corrected chi connectivity index (χ1v) is 6.14. The van der Waals surface area contributed by atoms with Gasteiger partial charge in [-0.1, -0.05) is 12.2 Å². The second-order valence-corrected chi connectivity index (χ2v) is 5.56. The summed E-state index contributed by atoms with van der Waals surface area (Å²) in [7, 11) is 0. The number of carbonyl (C=O) groups excluding carboxylic acids is 1. The number of carbonyl (C=O) groups is 1. The molecule has 0 saturated carbocycles. The maximum absolute atomic E-state index is 11.5. The molecule has 0 bridgehead atoms. The fourth-order valence-electron chi connectivity index (χ4n) is 1.71. The van der Waals surface area contributed by atoms with E-state index in [0.29, 0.717) is 12.5 Å². The third-order valence-corrected chi connectivity index (χ3v) is 2.74. The highest BCUT2D eigenvalue weighted by Gasteiger charge is 2.13. The summed E-state index contributed by atoms with van der Waals surface area (Å²) in [5.74, 6) is 0.730. The van der Waals surface area contributed by atoms with Crippen LogP contribution in [0.5, 0.6) is 0 Å². The molecule has 0 saturated heterocycles. The molecule has 1 aliphatic rings. The van der Waals surface area contributed by atoms with Crippen LogP contribution in [0.1, 0.15) is 40.0 Å². The van der Waals surface area contributed by atoms with Crippen molar-refractivity contribution in [2.24, 2.45) is 5.92 Å². The number of hydrogen-bond donors (Lipinski definition) is 2. The second-order valence-electron chi connectivity index (χ2n) is 5.56.